The average molecular weight is 437 g/mol. The van der Waals surface area contributed by atoms with Crippen molar-refractivity contribution in [1.29, 1.82) is 0 Å². The Hall–Kier alpha value is -2.52. The molecule has 1 N–H and O–H groups in total. The largest absolute Gasteiger partial charge is 0.497 e. The molecule has 3 unspecified atom stereocenters. The molecule has 0 amide bonds. The number of benzene rings is 2. The van der Waals surface area contributed by atoms with Gasteiger partial charge in [0, 0.05) is 17.6 Å². The SMILES string of the molecule is COc1ccc(C2(C)CCc3cc(OC)ccc3C2(O)C#CCOC2CCCCO2)cc1. The van der Waals surface area contributed by atoms with E-state index < -0.39 is 11.0 Å². The standard InChI is InChI=1S/C27H32O5/c1-26(21-8-10-22(29-2)11-9-21)16-14-20-19-23(30-3)12-13-24(20)27(26,28)15-6-18-32-25-7-4-5-17-31-25/h8-13,19,25,28H,4-5,7,14,16-18H2,1-3H3. The van der Waals surface area contributed by atoms with Gasteiger partial charge in [0.25, 0.3) is 0 Å². The van der Waals surface area contributed by atoms with Crippen LogP contribution in [0.5, 0.6) is 11.5 Å². The van der Waals surface area contributed by atoms with Gasteiger partial charge in [0.05, 0.1) is 14.2 Å². The maximum absolute atomic E-state index is 12.2. The van der Waals surface area contributed by atoms with Gasteiger partial charge in [-0.05, 0) is 67.5 Å². The molecule has 1 fully saturated rings. The number of rotatable bonds is 5. The minimum atomic E-state index is -1.38. The van der Waals surface area contributed by atoms with Crippen molar-refractivity contribution in [3.63, 3.8) is 0 Å². The lowest BCUT2D eigenvalue weighted by Gasteiger charge is -2.47. The molecular weight excluding hydrogens is 404 g/mol. The van der Waals surface area contributed by atoms with Gasteiger partial charge in [-0.1, -0.05) is 37.0 Å². The van der Waals surface area contributed by atoms with Crippen LogP contribution < -0.4 is 9.47 Å². The van der Waals surface area contributed by atoms with Gasteiger partial charge in [0.15, 0.2) is 11.9 Å². The van der Waals surface area contributed by atoms with Gasteiger partial charge in [0.1, 0.15) is 18.1 Å². The number of methoxy groups -OCH3 is 2. The third kappa shape index (κ3) is 4.23. The maximum Gasteiger partial charge on any atom is 0.160 e. The van der Waals surface area contributed by atoms with Crippen molar-refractivity contribution in [3.05, 3.63) is 59.2 Å². The smallest absolute Gasteiger partial charge is 0.160 e. The lowest BCUT2D eigenvalue weighted by atomic mass is 9.59. The molecule has 2 aromatic rings. The average Bonchev–Trinajstić information content (AvgIpc) is 2.85. The number of hydrogen-bond acceptors (Lipinski definition) is 5. The Morgan fingerprint density at radius 3 is 2.50 bits per heavy atom. The topological polar surface area (TPSA) is 57.2 Å². The molecule has 0 saturated carbocycles. The number of fused-ring (bicyclic) bond motifs is 1. The molecule has 5 nitrogen and oxygen atoms in total. The van der Waals surface area contributed by atoms with E-state index in [0.29, 0.717) is 0 Å². The lowest BCUT2D eigenvalue weighted by Crippen LogP contribution is -2.50. The van der Waals surface area contributed by atoms with Crippen molar-refractivity contribution in [3.8, 4) is 23.3 Å². The maximum atomic E-state index is 12.2. The molecule has 3 atom stereocenters. The van der Waals surface area contributed by atoms with E-state index in [1.165, 1.54) is 0 Å². The molecule has 0 spiro atoms. The summed E-state index contributed by atoms with van der Waals surface area (Å²) in [5.41, 5.74) is 0.925. The van der Waals surface area contributed by atoms with E-state index in [-0.39, 0.29) is 12.9 Å². The summed E-state index contributed by atoms with van der Waals surface area (Å²) in [6.45, 7) is 3.03. The zero-order valence-electron chi connectivity index (χ0n) is 19.1. The quantitative estimate of drug-likeness (QED) is 0.707. The van der Waals surface area contributed by atoms with Crippen molar-refractivity contribution in [1.82, 2.24) is 0 Å². The van der Waals surface area contributed by atoms with E-state index in [0.717, 1.165) is 66.9 Å². The molecule has 1 aliphatic heterocycles. The van der Waals surface area contributed by atoms with Crippen LogP contribution in [0.25, 0.3) is 0 Å². The van der Waals surface area contributed by atoms with Gasteiger partial charge in [-0.3, -0.25) is 0 Å². The Labute approximate surface area is 190 Å². The molecule has 2 aliphatic rings. The van der Waals surface area contributed by atoms with E-state index in [2.05, 4.69) is 18.8 Å². The first-order valence-corrected chi connectivity index (χ1v) is 11.3. The van der Waals surface area contributed by atoms with E-state index in [4.69, 9.17) is 18.9 Å². The first kappa shape index (κ1) is 22.7. The van der Waals surface area contributed by atoms with Crippen LogP contribution in [0.1, 0.15) is 49.3 Å². The Bertz CT molecular complexity index is 983. The summed E-state index contributed by atoms with van der Waals surface area (Å²) in [7, 11) is 3.31. The summed E-state index contributed by atoms with van der Waals surface area (Å²) in [6, 6.07) is 13.7. The Morgan fingerprint density at radius 1 is 1.06 bits per heavy atom. The molecule has 32 heavy (non-hydrogen) atoms. The second-order valence-electron chi connectivity index (χ2n) is 8.70. The summed E-state index contributed by atoms with van der Waals surface area (Å²) in [6.07, 6.45) is 4.43. The monoisotopic (exact) mass is 436 g/mol. The van der Waals surface area contributed by atoms with Crippen LogP contribution in [0.2, 0.25) is 0 Å². The molecule has 0 aromatic heterocycles. The highest BCUT2D eigenvalue weighted by Crippen LogP contribution is 2.50. The van der Waals surface area contributed by atoms with Crippen molar-refractivity contribution >= 4 is 0 Å². The fourth-order valence-corrected chi connectivity index (χ4v) is 4.78. The second kappa shape index (κ2) is 9.54. The molecule has 5 heteroatoms. The van der Waals surface area contributed by atoms with Crippen LogP contribution in [0.4, 0.5) is 0 Å². The Kier molecular flexibility index (Phi) is 6.76. The Balaban J connectivity index is 1.69. The van der Waals surface area contributed by atoms with Gasteiger partial charge in [-0.15, -0.1) is 0 Å². The van der Waals surface area contributed by atoms with Crippen LogP contribution in [0, 0.1) is 11.8 Å². The molecule has 2 aromatic carbocycles. The number of aliphatic hydroxyl groups is 1. The highest BCUT2D eigenvalue weighted by molar-refractivity contribution is 5.51. The fourth-order valence-electron chi connectivity index (χ4n) is 4.78. The summed E-state index contributed by atoms with van der Waals surface area (Å²) < 4.78 is 22.2. The lowest BCUT2D eigenvalue weighted by molar-refractivity contribution is -0.154. The summed E-state index contributed by atoms with van der Waals surface area (Å²) in [4.78, 5) is 0. The van der Waals surface area contributed by atoms with Crippen molar-refractivity contribution < 1.29 is 24.1 Å². The van der Waals surface area contributed by atoms with E-state index in [1.807, 2.05) is 42.5 Å². The predicted octanol–water partition coefficient (Wildman–Crippen LogP) is 4.34. The van der Waals surface area contributed by atoms with Crippen LogP contribution in [0.3, 0.4) is 0 Å². The van der Waals surface area contributed by atoms with Crippen LogP contribution in [-0.2, 0) is 26.9 Å². The summed E-state index contributed by atoms with van der Waals surface area (Å²) in [5.74, 6) is 7.87. The molecule has 1 saturated heterocycles. The second-order valence-corrected chi connectivity index (χ2v) is 8.70. The first-order valence-electron chi connectivity index (χ1n) is 11.3. The molecule has 0 radical (unpaired) electrons. The van der Waals surface area contributed by atoms with E-state index in [9.17, 15) is 5.11 Å². The predicted molar refractivity (Wildman–Crippen MR) is 123 cm³/mol. The van der Waals surface area contributed by atoms with E-state index in [1.54, 1.807) is 14.2 Å². The zero-order chi connectivity index (χ0) is 22.6. The number of aryl methyl sites for hydroxylation is 1. The third-order valence-corrected chi connectivity index (χ3v) is 6.87. The van der Waals surface area contributed by atoms with Crippen LogP contribution in [-0.4, -0.2) is 38.8 Å². The van der Waals surface area contributed by atoms with E-state index >= 15 is 0 Å². The molecule has 1 heterocycles. The molecule has 170 valence electrons. The van der Waals surface area contributed by atoms with Crippen molar-refractivity contribution in [2.75, 3.05) is 27.4 Å². The van der Waals surface area contributed by atoms with Gasteiger partial charge >= 0.3 is 0 Å². The van der Waals surface area contributed by atoms with Crippen LogP contribution in [0.15, 0.2) is 42.5 Å². The first-order chi connectivity index (χ1) is 15.5. The van der Waals surface area contributed by atoms with Gasteiger partial charge < -0.3 is 24.1 Å². The highest BCUT2D eigenvalue weighted by Gasteiger charge is 2.51. The zero-order valence-corrected chi connectivity index (χ0v) is 19.1. The van der Waals surface area contributed by atoms with Gasteiger partial charge in [-0.25, -0.2) is 0 Å². The molecule has 1 aliphatic carbocycles. The number of hydrogen-bond donors (Lipinski definition) is 1. The third-order valence-electron chi connectivity index (χ3n) is 6.87. The fraction of sp³-hybridized carbons (Fsp3) is 0.481. The molecular formula is C27H32O5. The minimum absolute atomic E-state index is 0.205. The minimum Gasteiger partial charge on any atom is -0.497 e. The summed E-state index contributed by atoms with van der Waals surface area (Å²) >= 11 is 0. The molecule has 4 rings (SSSR count). The number of ether oxygens (including phenoxy) is 4. The summed E-state index contributed by atoms with van der Waals surface area (Å²) in [5, 5.41) is 12.2. The normalized spacial score (nSPS) is 27.1. The molecule has 0 bridgehead atoms. The van der Waals surface area contributed by atoms with Crippen molar-refractivity contribution in [2.45, 2.75) is 56.3 Å². The van der Waals surface area contributed by atoms with Crippen LogP contribution >= 0.6 is 0 Å². The van der Waals surface area contributed by atoms with Crippen molar-refractivity contribution in [2.24, 2.45) is 0 Å². The Morgan fingerprint density at radius 2 is 1.81 bits per heavy atom. The van der Waals surface area contributed by atoms with Gasteiger partial charge in [-0.2, -0.15) is 0 Å². The van der Waals surface area contributed by atoms with Gasteiger partial charge in [0.2, 0.25) is 0 Å². The highest BCUT2D eigenvalue weighted by atomic mass is 16.7.